The molecule has 4 N–H and O–H groups in total. The molecule has 4 rings (SSSR count). The minimum atomic E-state index is -0.683. The fraction of sp³-hybridized carbons (Fsp3) is 0.517. The van der Waals surface area contributed by atoms with E-state index in [4.69, 9.17) is 4.74 Å². The molecule has 2 aromatic carbocycles. The molecule has 1 unspecified atom stereocenters. The number of carbonyl (C=O) groups excluding carboxylic acids is 2. The second-order valence-corrected chi connectivity index (χ2v) is 10.3. The first-order valence-electron chi connectivity index (χ1n) is 13.4. The first kappa shape index (κ1) is 27.1. The van der Waals surface area contributed by atoms with Gasteiger partial charge in [-0.2, -0.15) is 0 Å². The molecule has 8 heteroatoms. The highest BCUT2D eigenvalue weighted by molar-refractivity contribution is 5.88. The topological polar surface area (TPSA) is 103 Å². The third kappa shape index (κ3) is 6.89. The normalized spacial score (nSPS) is 19.3. The number of phenols is 1. The number of phenolic OH excluding ortho intramolecular Hbond substituents is 1. The molecule has 2 aliphatic heterocycles. The molecular formula is C29H40N4O4. The Bertz CT molecular complexity index is 1050. The van der Waals surface area contributed by atoms with Crippen LogP contribution in [-0.4, -0.2) is 66.8 Å². The molecule has 2 aromatic rings. The molecule has 0 bridgehead atoms. The van der Waals surface area contributed by atoms with Gasteiger partial charge in [0, 0.05) is 38.7 Å². The van der Waals surface area contributed by atoms with Gasteiger partial charge in [-0.05, 0) is 48.6 Å². The average Bonchev–Trinajstić information content (AvgIpc) is 3.39. The summed E-state index contributed by atoms with van der Waals surface area (Å²) in [6, 6.07) is 14.6. The molecule has 2 atom stereocenters. The Kier molecular flexibility index (Phi) is 9.18. The predicted octanol–water partition coefficient (Wildman–Crippen LogP) is 2.58. The van der Waals surface area contributed by atoms with Crippen molar-refractivity contribution in [3.05, 3.63) is 65.2 Å². The Balaban J connectivity index is 1.46. The number of ether oxygens (including phenoxy) is 1. The lowest BCUT2D eigenvalue weighted by Crippen LogP contribution is -2.66. The van der Waals surface area contributed by atoms with E-state index in [2.05, 4.69) is 41.9 Å². The maximum absolute atomic E-state index is 13.7. The van der Waals surface area contributed by atoms with Gasteiger partial charge in [0.15, 0.2) is 0 Å². The summed E-state index contributed by atoms with van der Waals surface area (Å²) in [6.45, 7) is 7.37. The molecule has 0 spiro atoms. The number of rotatable bonds is 12. The molecule has 0 saturated carbocycles. The monoisotopic (exact) mass is 508 g/mol. The van der Waals surface area contributed by atoms with Gasteiger partial charge in [-0.1, -0.05) is 49.7 Å². The summed E-state index contributed by atoms with van der Waals surface area (Å²) in [7, 11) is 0. The van der Waals surface area contributed by atoms with E-state index in [0.717, 1.165) is 42.7 Å². The molecule has 0 aliphatic carbocycles. The van der Waals surface area contributed by atoms with Crippen molar-refractivity contribution in [2.75, 3.05) is 32.9 Å². The fourth-order valence-electron chi connectivity index (χ4n) is 5.16. The molecule has 0 radical (unpaired) electrons. The second kappa shape index (κ2) is 12.5. The summed E-state index contributed by atoms with van der Waals surface area (Å²) in [5.41, 5.74) is 2.62. The van der Waals surface area contributed by atoms with Crippen LogP contribution in [0.25, 0.3) is 0 Å². The van der Waals surface area contributed by atoms with Gasteiger partial charge in [-0.15, -0.1) is 0 Å². The minimum Gasteiger partial charge on any atom is -0.508 e. The first-order valence-corrected chi connectivity index (χ1v) is 13.4. The van der Waals surface area contributed by atoms with E-state index in [0.29, 0.717) is 39.0 Å². The molecule has 2 aliphatic rings. The number of amides is 2. The third-order valence-corrected chi connectivity index (χ3v) is 7.35. The lowest BCUT2D eigenvalue weighted by atomic mass is 9.82. The summed E-state index contributed by atoms with van der Waals surface area (Å²) in [4.78, 5) is 28.4. The molecule has 2 heterocycles. The highest BCUT2D eigenvalue weighted by Gasteiger charge is 2.49. The van der Waals surface area contributed by atoms with Crippen molar-refractivity contribution in [1.29, 1.82) is 0 Å². The Morgan fingerprint density at radius 2 is 1.95 bits per heavy atom. The Morgan fingerprint density at radius 1 is 1.19 bits per heavy atom. The molecule has 37 heavy (non-hydrogen) atoms. The minimum absolute atomic E-state index is 0.106. The van der Waals surface area contributed by atoms with Crippen LogP contribution < -0.4 is 16.0 Å². The van der Waals surface area contributed by atoms with E-state index < -0.39 is 11.6 Å². The van der Waals surface area contributed by atoms with Crippen molar-refractivity contribution in [3.8, 4) is 5.75 Å². The number of carbonyl (C=O) groups is 2. The standard InChI is InChI=1S/C29H40N4O4/c1-3-4-15-37-29(25-8-6-5-7-21(25)2)18-33(19-29)28(36)26(16-22-9-12-24(34)13-10-22)32-27(35)14-11-23-17-30-20-31-23/h5-10,12-13,23,26,30-31,34H,3-4,11,14-20H2,1-2H3,(H,32,35)/t23?,26-/m1/s1. The SMILES string of the molecule is CCCCOC1(c2ccccc2C)CN(C(=O)[C@@H](Cc2ccc(O)cc2)NC(=O)CCC2CNCN2)C1. The summed E-state index contributed by atoms with van der Waals surface area (Å²) < 4.78 is 6.42. The lowest BCUT2D eigenvalue weighted by molar-refractivity contribution is -0.175. The van der Waals surface area contributed by atoms with Crippen molar-refractivity contribution >= 4 is 11.8 Å². The van der Waals surface area contributed by atoms with Crippen LogP contribution in [0.15, 0.2) is 48.5 Å². The van der Waals surface area contributed by atoms with Crippen LogP contribution in [0.3, 0.4) is 0 Å². The number of unbranched alkanes of at least 4 members (excludes halogenated alkanes) is 1. The summed E-state index contributed by atoms with van der Waals surface area (Å²) in [6.07, 6.45) is 3.43. The molecule has 2 fully saturated rings. The first-order chi connectivity index (χ1) is 17.9. The molecule has 2 amide bonds. The molecule has 2 saturated heterocycles. The quantitative estimate of drug-likeness (QED) is 0.329. The van der Waals surface area contributed by atoms with Crippen molar-refractivity contribution in [2.24, 2.45) is 0 Å². The number of nitrogens with zero attached hydrogens (tertiary/aromatic N) is 1. The van der Waals surface area contributed by atoms with Gasteiger partial charge in [0.1, 0.15) is 17.4 Å². The Hall–Kier alpha value is -2.94. The van der Waals surface area contributed by atoms with Gasteiger partial charge >= 0.3 is 0 Å². The maximum Gasteiger partial charge on any atom is 0.245 e. The number of nitrogens with one attached hydrogen (secondary N) is 3. The van der Waals surface area contributed by atoms with Gasteiger partial charge in [-0.25, -0.2) is 0 Å². The van der Waals surface area contributed by atoms with Crippen LogP contribution in [0.4, 0.5) is 0 Å². The summed E-state index contributed by atoms with van der Waals surface area (Å²) in [5, 5.41) is 19.2. The van der Waals surface area contributed by atoms with Crippen LogP contribution in [0.2, 0.25) is 0 Å². The number of benzene rings is 2. The number of aromatic hydroxyl groups is 1. The van der Waals surface area contributed by atoms with E-state index in [1.807, 2.05) is 12.1 Å². The van der Waals surface area contributed by atoms with E-state index in [1.165, 1.54) is 0 Å². The summed E-state index contributed by atoms with van der Waals surface area (Å²) >= 11 is 0. The van der Waals surface area contributed by atoms with Crippen LogP contribution in [-0.2, 0) is 26.3 Å². The highest BCUT2D eigenvalue weighted by atomic mass is 16.5. The predicted molar refractivity (Wildman–Crippen MR) is 143 cm³/mol. The zero-order valence-electron chi connectivity index (χ0n) is 22.0. The second-order valence-electron chi connectivity index (χ2n) is 10.3. The smallest absolute Gasteiger partial charge is 0.245 e. The van der Waals surface area contributed by atoms with Crippen LogP contribution in [0, 0.1) is 6.92 Å². The van der Waals surface area contributed by atoms with Crippen LogP contribution in [0.5, 0.6) is 5.75 Å². The van der Waals surface area contributed by atoms with Gasteiger partial charge in [0.25, 0.3) is 0 Å². The maximum atomic E-state index is 13.7. The molecule has 0 aromatic heterocycles. The van der Waals surface area contributed by atoms with Crippen LogP contribution >= 0.6 is 0 Å². The Labute approximate surface area is 219 Å². The molecular weight excluding hydrogens is 468 g/mol. The van der Waals surface area contributed by atoms with E-state index >= 15 is 0 Å². The molecule has 8 nitrogen and oxygen atoms in total. The van der Waals surface area contributed by atoms with Gasteiger partial charge < -0.3 is 30.7 Å². The lowest BCUT2D eigenvalue weighted by Gasteiger charge is -2.51. The van der Waals surface area contributed by atoms with Gasteiger partial charge in [0.2, 0.25) is 11.8 Å². The number of hydrogen-bond acceptors (Lipinski definition) is 6. The zero-order chi connectivity index (χ0) is 26.3. The van der Waals surface area contributed by atoms with E-state index in [9.17, 15) is 14.7 Å². The number of hydrogen-bond donors (Lipinski definition) is 4. The summed E-state index contributed by atoms with van der Waals surface area (Å²) in [5.74, 6) is -0.0654. The van der Waals surface area contributed by atoms with Crippen molar-refractivity contribution in [1.82, 2.24) is 20.9 Å². The number of likely N-dealkylation sites (tertiary alicyclic amines) is 1. The van der Waals surface area contributed by atoms with Crippen LogP contribution in [0.1, 0.15) is 49.3 Å². The highest BCUT2D eigenvalue weighted by Crippen LogP contribution is 2.38. The van der Waals surface area contributed by atoms with E-state index in [1.54, 1.807) is 29.2 Å². The molecule has 200 valence electrons. The van der Waals surface area contributed by atoms with Crippen molar-refractivity contribution < 1.29 is 19.4 Å². The fourth-order valence-corrected chi connectivity index (χ4v) is 5.16. The van der Waals surface area contributed by atoms with E-state index in [-0.39, 0.29) is 23.6 Å². The average molecular weight is 509 g/mol. The Morgan fingerprint density at radius 3 is 2.62 bits per heavy atom. The zero-order valence-corrected chi connectivity index (χ0v) is 22.0. The van der Waals surface area contributed by atoms with Crippen molar-refractivity contribution in [3.63, 3.8) is 0 Å². The van der Waals surface area contributed by atoms with Gasteiger partial charge in [-0.3, -0.25) is 9.59 Å². The van der Waals surface area contributed by atoms with Gasteiger partial charge in [0.05, 0.1) is 13.1 Å². The third-order valence-electron chi connectivity index (χ3n) is 7.35. The largest absolute Gasteiger partial charge is 0.508 e. The number of aryl methyl sites for hydroxylation is 1. The van der Waals surface area contributed by atoms with Crippen molar-refractivity contribution in [2.45, 2.75) is 63.6 Å².